The van der Waals surface area contributed by atoms with E-state index in [-0.39, 0.29) is 19.3 Å². The van der Waals surface area contributed by atoms with Crippen molar-refractivity contribution in [2.45, 2.75) is 96.7 Å². The van der Waals surface area contributed by atoms with Crippen molar-refractivity contribution in [2.75, 3.05) is 13.2 Å². The van der Waals surface area contributed by atoms with Crippen LogP contribution in [0.4, 0.5) is 0 Å². The van der Waals surface area contributed by atoms with E-state index < -0.39 is 0 Å². The van der Waals surface area contributed by atoms with Gasteiger partial charge in [-0.3, -0.25) is 4.90 Å². The van der Waals surface area contributed by atoms with Crippen LogP contribution in [0.1, 0.15) is 88.7 Å². The maximum absolute atomic E-state index is 10.1. The highest BCUT2D eigenvalue weighted by Gasteiger charge is 2.18. The highest BCUT2D eigenvalue weighted by molar-refractivity contribution is 5.19. The standard InChI is InChI=1S/C31H47NO2/c1-2-3-4-5-6-7-8-9-12-21-30(27-34)24-31(22-23-33)32(25-28-17-13-10-14-18-28)26-29-19-15-11-16-20-29/h10-11,13-20,24,31,33-34H,2-9,12,21-23,25-27H2,1H3/b30-24+/t31-/m1/s1. The molecule has 3 nitrogen and oxygen atoms in total. The van der Waals surface area contributed by atoms with E-state index in [2.05, 4.69) is 66.4 Å². The summed E-state index contributed by atoms with van der Waals surface area (Å²) in [7, 11) is 0. The van der Waals surface area contributed by atoms with E-state index in [0.717, 1.165) is 31.5 Å². The second kappa shape index (κ2) is 18.4. The molecule has 0 saturated carbocycles. The minimum Gasteiger partial charge on any atom is -0.396 e. The third-order valence-electron chi connectivity index (χ3n) is 6.58. The fourth-order valence-electron chi connectivity index (χ4n) is 4.58. The third-order valence-corrected chi connectivity index (χ3v) is 6.58. The summed E-state index contributed by atoms with van der Waals surface area (Å²) in [5.41, 5.74) is 3.63. The first-order valence-corrected chi connectivity index (χ1v) is 13.5. The van der Waals surface area contributed by atoms with E-state index in [1.54, 1.807) is 0 Å². The van der Waals surface area contributed by atoms with Crippen LogP contribution in [0.3, 0.4) is 0 Å². The van der Waals surface area contributed by atoms with Gasteiger partial charge in [0.05, 0.1) is 6.61 Å². The van der Waals surface area contributed by atoms with E-state index in [1.807, 2.05) is 12.1 Å². The first kappa shape index (κ1) is 28.3. The topological polar surface area (TPSA) is 43.7 Å². The van der Waals surface area contributed by atoms with Gasteiger partial charge in [0.25, 0.3) is 0 Å². The summed E-state index contributed by atoms with van der Waals surface area (Å²) in [6.07, 6.45) is 15.6. The summed E-state index contributed by atoms with van der Waals surface area (Å²) in [6, 6.07) is 21.1. The largest absolute Gasteiger partial charge is 0.396 e. The fourth-order valence-corrected chi connectivity index (χ4v) is 4.58. The number of unbranched alkanes of at least 4 members (excludes halogenated alkanes) is 8. The van der Waals surface area contributed by atoms with Crippen LogP contribution >= 0.6 is 0 Å². The molecule has 2 N–H and O–H groups in total. The van der Waals surface area contributed by atoms with Gasteiger partial charge in [-0.1, -0.05) is 125 Å². The monoisotopic (exact) mass is 465 g/mol. The molecule has 0 bridgehead atoms. The van der Waals surface area contributed by atoms with E-state index >= 15 is 0 Å². The summed E-state index contributed by atoms with van der Waals surface area (Å²) in [4.78, 5) is 2.42. The first-order chi connectivity index (χ1) is 16.8. The normalized spacial score (nSPS) is 12.9. The SMILES string of the molecule is CCCCCCCCCCC/C(=C\[C@@H](CCO)N(Cc1ccccc1)Cc1ccccc1)CO. The average molecular weight is 466 g/mol. The van der Waals surface area contributed by atoms with Crippen LogP contribution in [0, 0.1) is 0 Å². The average Bonchev–Trinajstić information content (AvgIpc) is 2.87. The fraction of sp³-hybridized carbons (Fsp3) is 0.548. The lowest BCUT2D eigenvalue weighted by atomic mass is 10.0. The quantitative estimate of drug-likeness (QED) is 0.169. The zero-order chi connectivity index (χ0) is 24.3. The maximum atomic E-state index is 10.1. The van der Waals surface area contributed by atoms with Gasteiger partial charge in [0.1, 0.15) is 0 Å². The first-order valence-electron chi connectivity index (χ1n) is 13.5. The van der Waals surface area contributed by atoms with Crippen LogP contribution in [0.15, 0.2) is 72.3 Å². The predicted molar refractivity (Wildman–Crippen MR) is 145 cm³/mol. The Morgan fingerprint density at radius 1 is 0.735 bits per heavy atom. The Kier molecular flexibility index (Phi) is 15.3. The Balaban J connectivity index is 1.97. The number of hydrogen-bond donors (Lipinski definition) is 2. The van der Waals surface area contributed by atoms with Crippen LogP contribution in [-0.4, -0.2) is 34.4 Å². The molecule has 0 amide bonds. The predicted octanol–water partition coefficient (Wildman–Crippen LogP) is 7.28. The molecule has 0 aliphatic rings. The molecule has 188 valence electrons. The second-order valence-electron chi connectivity index (χ2n) is 9.52. The number of aliphatic hydroxyl groups excluding tert-OH is 2. The molecular formula is C31H47NO2. The molecule has 2 rings (SSSR count). The van der Waals surface area contributed by atoms with Crippen LogP contribution in [0.5, 0.6) is 0 Å². The van der Waals surface area contributed by atoms with Crippen molar-refractivity contribution in [3.05, 3.63) is 83.4 Å². The van der Waals surface area contributed by atoms with Crippen molar-refractivity contribution in [3.63, 3.8) is 0 Å². The lowest BCUT2D eigenvalue weighted by Crippen LogP contribution is -2.34. The minimum atomic E-state index is 0.0890. The Hall–Kier alpha value is -1.94. The van der Waals surface area contributed by atoms with Crippen LogP contribution in [0.2, 0.25) is 0 Å². The number of rotatable bonds is 19. The van der Waals surface area contributed by atoms with Crippen molar-refractivity contribution < 1.29 is 10.2 Å². The van der Waals surface area contributed by atoms with Gasteiger partial charge < -0.3 is 10.2 Å². The summed E-state index contributed by atoms with van der Waals surface area (Å²) < 4.78 is 0. The molecule has 0 aromatic heterocycles. The molecule has 0 spiro atoms. The number of hydrogen-bond acceptors (Lipinski definition) is 3. The Morgan fingerprint density at radius 3 is 1.71 bits per heavy atom. The molecule has 0 fully saturated rings. The molecule has 2 aromatic rings. The molecule has 0 unspecified atom stereocenters. The summed E-state index contributed by atoms with van der Waals surface area (Å²) in [5.74, 6) is 0. The van der Waals surface area contributed by atoms with E-state index in [9.17, 15) is 10.2 Å². The third kappa shape index (κ3) is 12.0. The van der Waals surface area contributed by atoms with Crippen molar-refractivity contribution in [2.24, 2.45) is 0 Å². The molecule has 0 aliphatic carbocycles. The van der Waals surface area contributed by atoms with Gasteiger partial charge >= 0.3 is 0 Å². The van der Waals surface area contributed by atoms with Gasteiger partial charge in [-0.05, 0) is 36.0 Å². The van der Waals surface area contributed by atoms with Crippen molar-refractivity contribution in [3.8, 4) is 0 Å². The van der Waals surface area contributed by atoms with Gasteiger partial charge in [-0.15, -0.1) is 0 Å². The van der Waals surface area contributed by atoms with Crippen LogP contribution in [-0.2, 0) is 13.1 Å². The Labute approximate surface area is 208 Å². The number of nitrogens with zero attached hydrogens (tertiary/aromatic N) is 1. The molecule has 3 heteroatoms. The smallest absolute Gasteiger partial charge is 0.0642 e. The van der Waals surface area contributed by atoms with Crippen LogP contribution < -0.4 is 0 Å². The van der Waals surface area contributed by atoms with Gasteiger partial charge in [-0.25, -0.2) is 0 Å². The summed E-state index contributed by atoms with van der Waals surface area (Å²) >= 11 is 0. The lowest BCUT2D eigenvalue weighted by Gasteiger charge is -2.30. The Bertz CT molecular complexity index is 718. The number of aliphatic hydroxyl groups is 2. The molecule has 2 aromatic carbocycles. The van der Waals surface area contributed by atoms with Crippen molar-refractivity contribution in [1.82, 2.24) is 4.90 Å². The highest BCUT2D eigenvalue weighted by Crippen LogP contribution is 2.20. The van der Waals surface area contributed by atoms with E-state index in [4.69, 9.17) is 0 Å². The second-order valence-corrected chi connectivity index (χ2v) is 9.52. The van der Waals surface area contributed by atoms with Crippen molar-refractivity contribution >= 4 is 0 Å². The van der Waals surface area contributed by atoms with Crippen LogP contribution in [0.25, 0.3) is 0 Å². The highest BCUT2D eigenvalue weighted by atomic mass is 16.3. The van der Waals surface area contributed by atoms with Gasteiger partial charge in [0, 0.05) is 25.7 Å². The zero-order valence-corrected chi connectivity index (χ0v) is 21.4. The summed E-state index contributed by atoms with van der Waals surface area (Å²) in [6.45, 7) is 4.13. The summed E-state index contributed by atoms with van der Waals surface area (Å²) in [5, 5.41) is 19.9. The van der Waals surface area contributed by atoms with Crippen molar-refractivity contribution in [1.29, 1.82) is 0 Å². The zero-order valence-electron chi connectivity index (χ0n) is 21.4. The number of benzene rings is 2. The molecule has 0 radical (unpaired) electrons. The molecular weight excluding hydrogens is 418 g/mol. The molecule has 0 saturated heterocycles. The minimum absolute atomic E-state index is 0.0890. The molecule has 1 atom stereocenters. The van der Waals surface area contributed by atoms with Gasteiger partial charge in [0.2, 0.25) is 0 Å². The molecule has 0 aliphatic heterocycles. The van der Waals surface area contributed by atoms with Gasteiger partial charge in [-0.2, -0.15) is 0 Å². The molecule has 34 heavy (non-hydrogen) atoms. The lowest BCUT2D eigenvalue weighted by molar-refractivity contribution is 0.169. The maximum Gasteiger partial charge on any atom is 0.0642 e. The van der Waals surface area contributed by atoms with Gasteiger partial charge in [0.15, 0.2) is 0 Å². The molecule has 0 heterocycles. The Morgan fingerprint density at radius 2 is 1.24 bits per heavy atom. The van der Waals surface area contributed by atoms with E-state index in [0.29, 0.717) is 6.42 Å². The van der Waals surface area contributed by atoms with E-state index in [1.165, 1.54) is 62.5 Å².